The molecule has 2 nitrogen and oxygen atoms in total. The molecule has 2 aromatic rings. The van der Waals surface area contributed by atoms with Crippen LogP contribution in [0.4, 0.5) is 0 Å². The van der Waals surface area contributed by atoms with Crippen molar-refractivity contribution in [2.75, 3.05) is 0 Å². The zero-order valence-corrected chi connectivity index (χ0v) is 12.1. The highest BCUT2D eigenvalue weighted by Crippen LogP contribution is 2.17. The summed E-state index contributed by atoms with van der Waals surface area (Å²) in [5.41, 5.74) is 1.30. The molecule has 2 rings (SSSR count). The minimum absolute atomic E-state index is 0.298. The molecule has 1 aromatic carbocycles. The monoisotopic (exact) mass is 280 g/mol. The fourth-order valence-electron chi connectivity index (χ4n) is 1.98. The maximum Gasteiger partial charge on any atom is 0.109 e. The molecule has 0 radical (unpaired) electrons. The van der Waals surface area contributed by atoms with Crippen molar-refractivity contribution in [3.8, 4) is 0 Å². The second-order valence-corrected chi connectivity index (χ2v) is 5.85. The summed E-state index contributed by atoms with van der Waals surface area (Å²) in [5.74, 6) is 0. The van der Waals surface area contributed by atoms with Crippen molar-refractivity contribution in [3.05, 3.63) is 51.4 Å². The summed E-state index contributed by atoms with van der Waals surface area (Å²) in [4.78, 5) is 4.33. The van der Waals surface area contributed by atoms with Crippen molar-refractivity contribution in [1.82, 2.24) is 10.3 Å². The molecule has 4 heteroatoms. The molecular formula is C14H17ClN2S. The topological polar surface area (TPSA) is 24.9 Å². The largest absolute Gasteiger partial charge is 0.305 e. The van der Waals surface area contributed by atoms with Crippen LogP contribution in [0, 0.1) is 0 Å². The Morgan fingerprint density at radius 2 is 2.00 bits per heavy atom. The van der Waals surface area contributed by atoms with Gasteiger partial charge in [-0.3, -0.25) is 0 Å². The summed E-state index contributed by atoms with van der Waals surface area (Å²) < 4.78 is 0. The smallest absolute Gasteiger partial charge is 0.109 e. The van der Waals surface area contributed by atoms with Gasteiger partial charge >= 0.3 is 0 Å². The average Bonchev–Trinajstić information content (AvgIpc) is 2.85. The van der Waals surface area contributed by atoms with Gasteiger partial charge in [0.15, 0.2) is 0 Å². The number of benzene rings is 1. The lowest BCUT2D eigenvalue weighted by molar-refractivity contribution is 0.476. The summed E-state index contributed by atoms with van der Waals surface area (Å²) in [6, 6.07) is 8.74. The van der Waals surface area contributed by atoms with E-state index in [0.29, 0.717) is 12.1 Å². The molecule has 0 saturated carbocycles. The van der Waals surface area contributed by atoms with Crippen LogP contribution >= 0.6 is 22.9 Å². The van der Waals surface area contributed by atoms with E-state index in [4.69, 9.17) is 11.6 Å². The van der Waals surface area contributed by atoms with Crippen LogP contribution in [-0.2, 0) is 6.42 Å². The first-order valence-corrected chi connectivity index (χ1v) is 7.31. The number of rotatable bonds is 5. The van der Waals surface area contributed by atoms with Gasteiger partial charge in [0.2, 0.25) is 0 Å². The number of hydrogen-bond acceptors (Lipinski definition) is 3. The molecule has 0 amide bonds. The standard InChI is InChI=1S/C14H17ClN2S/c1-10(9-12-3-5-13(15)6-4-12)17-11(2)14-16-7-8-18-14/h3-8,10-11,17H,9H2,1-2H3. The van der Waals surface area contributed by atoms with Crippen LogP contribution in [0.15, 0.2) is 35.8 Å². The molecule has 0 bridgehead atoms. The summed E-state index contributed by atoms with van der Waals surface area (Å²) in [5, 5.41) is 7.50. The van der Waals surface area contributed by atoms with Crippen molar-refractivity contribution >= 4 is 22.9 Å². The Bertz CT molecular complexity index is 467. The van der Waals surface area contributed by atoms with Gasteiger partial charge in [-0.1, -0.05) is 23.7 Å². The van der Waals surface area contributed by atoms with Crippen LogP contribution in [0.2, 0.25) is 5.02 Å². The van der Waals surface area contributed by atoms with E-state index in [0.717, 1.165) is 16.5 Å². The van der Waals surface area contributed by atoms with E-state index >= 15 is 0 Å². The van der Waals surface area contributed by atoms with Gasteiger partial charge in [0, 0.05) is 22.6 Å². The van der Waals surface area contributed by atoms with Gasteiger partial charge in [-0.05, 0) is 38.0 Å². The van der Waals surface area contributed by atoms with Crippen LogP contribution in [0.5, 0.6) is 0 Å². The molecule has 1 aromatic heterocycles. The highest BCUT2D eigenvalue weighted by molar-refractivity contribution is 7.09. The van der Waals surface area contributed by atoms with E-state index in [1.165, 1.54) is 5.56 Å². The molecule has 0 aliphatic rings. The normalized spacial score (nSPS) is 14.4. The number of aromatic nitrogens is 1. The molecular weight excluding hydrogens is 264 g/mol. The lowest BCUT2D eigenvalue weighted by Crippen LogP contribution is -2.30. The summed E-state index contributed by atoms with van der Waals surface area (Å²) >= 11 is 7.57. The predicted octanol–water partition coefficient (Wildman–Crippen LogP) is 4.08. The summed E-state index contributed by atoms with van der Waals surface area (Å²) in [6.07, 6.45) is 2.84. The number of halogens is 1. The summed E-state index contributed by atoms with van der Waals surface area (Å²) in [6.45, 7) is 4.34. The van der Waals surface area contributed by atoms with Gasteiger partial charge in [-0.2, -0.15) is 0 Å². The molecule has 18 heavy (non-hydrogen) atoms. The molecule has 0 fully saturated rings. The first kappa shape index (κ1) is 13.5. The predicted molar refractivity (Wildman–Crippen MR) is 78.3 cm³/mol. The minimum Gasteiger partial charge on any atom is -0.305 e. The molecule has 0 saturated heterocycles. The lowest BCUT2D eigenvalue weighted by Gasteiger charge is -2.18. The average molecular weight is 281 g/mol. The van der Waals surface area contributed by atoms with Crippen LogP contribution in [0.25, 0.3) is 0 Å². The Labute approximate surface area is 117 Å². The fraction of sp³-hybridized carbons (Fsp3) is 0.357. The van der Waals surface area contributed by atoms with Crippen LogP contribution < -0.4 is 5.32 Å². The SMILES string of the molecule is CC(Cc1ccc(Cl)cc1)NC(C)c1nccs1. The molecule has 0 aliphatic heterocycles. The van der Waals surface area contributed by atoms with E-state index < -0.39 is 0 Å². The number of hydrogen-bond donors (Lipinski definition) is 1. The minimum atomic E-state index is 0.298. The van der Waals surface area contributed by atoms with Gasteiger partial charge in [0.25, 0.3) is 0 Å². The van der Waals surface area contributed by atoms with Gasteiger partial charge in [0.05, 0.1) is 6.04 Å². The Morgan fingerprint density at radius 3 is 2.61 bits per heavy atom. The molecule has 1 N–H and O–H groups in total. The Hall–Kier alpha value is -0.900. The summed E-state index contributed by atoms with van der Waals surface area (Å²) in [7, 11) is 0. The Morgan fingerprint density at radius 1 is 1.28 bits per heavy atom. The lowest BCUT2D eigenvalue weighted by atomic mass is 10.1. The van der Waals surface area contributed by atoms with Gasteiger partial charge < -0.3 is 5.32 Å². The third-order valence-corrected chi connectivity index (χ3v) is 4.02. The second-order valence-electron chi connectivity index (χ2n) is 4.49. The highest BCUT2D eigenvalue weighted by atomic mass is 35.5. The van der Waals surface area contributed by atoms with E-state index in [-0.39, 0.29) is 0 Å². The van der Waals surface area contributed by atoms with Gasteiger partial charge in [0.1, 0.15) is 5.01 Å². The molecule has 96 valence electrons. The molecule has 2 atom stereocenters. The van der Waals surface area contributed by atoms with Crippen molar-refractivity contribution in [3.63, 3.8) is 0 Å². The number of nitrogens with zero attached hydrogens (tertiary/aromatic N) is 1. The molecule has 0 spiro atoms. The van der Waals surface area contributed by atoms with E-state index in [9.17, 15) is 0 Å². The molecule has 2 unspecified atom stereocenters. The number of thiazole rings is 1. The second kappa shape index (κ2) is 6.32. The van der Waals surface area contributed by atoms with Crippen molar-refractivity contribution in [2.24, 2.45) is 0 Å². The molecule has 0 aliphatic carbocycles. The Kier molecular flexibility index (Phi) is 4.75. The first-order valence-electron chi connectivity index (χ1n) is 6.05. The maximum absolute atomic E-state index is 5.88. The quantitative estimate of drug-likeness (QED) is 0.893. The Balaban J connectivity index is 1.88. The third kappa shape index (κ3) is 3.80. The van der Waals surface area contributed by atoms with E-state index in [1.807, 2.05) is 23.7 Å². The zero-order valence-electron chi connectivity index (χ0n) is 10.6. The van der Waals surface area contributed by atoms with Crippen molar-refractivity contribution < 1.29 is 0 Å². The number of nitrogens with one attached hydrogen (secondary N) is 1. The molecule has 1 heterocycles. The fourth-order valence-corrected chi connectivity index (χ4v) is 2.76. The highest BCUT2D eigenvalue weighted by Gasteiger charge is 2.11. The van der Waals surface area contributed by atoms with Crippen molar-refractivity contribution in [1.29, 1.82) is 0 Å². The van der Waals surface area contributed by atoms with Gasteiger partial charge in [-0.25, -0.2) is 4.98 Å². The van der Waals surface area contributed by atoms with E-state index in [1.54, 1.807) is 11.3 Å². The maximum atomic E-state index is 5.88. The van der Waals surface area contributed by atoms with Crippen LogP contribution in [0.3, 0.4) is 0 Å². The van der Waals surface area contributed by atoms with Crippen LogP contribution in [-0.4, -0.2) is 11.0 Å². The third-order valence-electron chi connectivity index (χ3n) is 2.81. The van der Waals surface area contributed by atoms with Crippen molar-refractivity contribution in [2.45, 2.75) is 32.4 Å². The van der Waals surface area contributed by atoms with E-state index in [2.05, 4.69) is 36.3 Å². The zero-order chi connectivity index (χ0) is 13.0. The first-order chi connectivity index (χ1) is 8.65. The van der Waals surface area contributed by atoms with Crippen LogP contribution in [0.1, 0.15) is 30.5 Å². The van der Waals surface area contributed by atoms with Gasteiger partial charge in [-0.15, -0.1) is 11.3 Å².